The topological polar surface area (TPSA) is 12.0 Å². The fourth-order valence-corrected chi connectivity index (χ4v) is 4.02. The van der Waals surface area contributed by atoms with Crippen molar-refractivity contribution in [2.45, 2.75) is 57.9 Å². The minimum Gasteiger partial charge on any atom is -0.313 e. The molecular formula is C17H25N. The Hall–Kier alpha value is -0.820. The first kappa shape index (κ1) is 12.2. The van der Waals surface area contributed by atoms with Gasteiger partial charge in [0, 0.05) is 6.54 Å². The van der Waals surface area contributed by atoms with Crippen molar-refractivity contribution in [1.29, 1.82) is 0 Å². The highest BCUT2D eigenvalue weighted by Gasteiger charge is 2.29. The molecule has 0 radical (unpaired) electrons. The van der Waals surface area contributed by atoms with Crippen molar-refractivity contribution in [3.63, 3.8) is 0 Å². The molecule has 0 amide bonds. The van der Waals surface area contributed by atoms with E-state index in [9.17, 15) is 0 Å². The first-order chi connectivity index (χ1) is 8.90. The van der Waals surface area contributed by atoms with Crippen molar-refractivity contribution in [3.8, 4) is 0 Å². The van der Waals surface area contributed by atoms with E-state index < -0.39 is 0 Å². The molecule has 3 rings (SSSR count). The first-order valence-electron chi connectivity index (χ1n) is 7.71. The molecule has 2 aliphatic rings. The fraction of sp³-hybridized carbons (Fsp3) is 0.647. The SMILES string of the molecule is CC[C@@H]1CCC[C@@H]1c1cccc2c1CCCNC2. The Morgan fingerprint density at radius 3 is 3.06 bits per heavy atom. The van der Waals surface area contributed by atoms with E-state index in [1.165, 1.54) is 45.1 Å². The second-order valence-corrected chi connectivity index (χ2v) is 5.97. The summed E-state index contributed by atoms with van der Waals surface area (Å²) in [4.78, 5) is 0. The summed E-state index contributed by atoms with van der Waals surface area (Å²) in [5.41, 5.74) is 4.94. The highest BCUT2D eigenvalue weighted by molar-refractivity contribution is 5.39. The molecule has 18 heavy (non-hydrogen) atoms. The van der Waals surface area contributed by atoms with Gasteiger partial charge in [0.1, 0.15) is 0 Å². The molecular weight excluding hydrogens is 218 g/mol. The average Bonchev–Trinajstić information content (AvgIpc) is 2.74. The van der Waals surface area contributed by atoms with Crippen LogP contribution in [0.3, 0.4) is 0 Å². The van der Waals surface area contributed by atoms with E-state index in [0.29, 0.717) is 0 Å². The minimum absolute atomic E-state index is 0.850. The van der Waals surface area contributed by atoms with Gasteiger partial charge in [0.15, 0.2) is 0 Å². The Labute approximate surface area is 111 Å². The van der Waals surface area contributed by atoms with E-state index in [1.54, 1.807) is 16.7 Å². The van der Waals surface area contributed by atoms with Gasteiger partial charge in [0.25, 0.3) is 0 Å². The second-order valence-electron chi connectivity index (χ2n) is 5.97. The van der Waals surface area contributed by atoms with Gasteiger partial charge in [0.2, 0.25) is 0 Å². The van der Waals surface area contributed by atoms with Gasteiger partial charge in [0.05, 0.1) is 0 Å². The molecule has 1 aromatic rings. The van der Waals surface area contributed by atoms with Crippen molar-refractivity contribution in [1.82, 2.24) is 5.32 Å². The lowest BCUT2D eigenvalue weighted by Gasteiger charge is -2.23. The van der Waals surface area contributed by atoms with Gasteiger partial charge in [-0.2, -0.15) is 0 Å². The second kappa shape index (κ2) is 5.44. The molecule has 1 aliphatic carbocycles. The maximum absolute atomic E-state index is 3.55. The number of rotatable bonds is 2. The van der Waals surface area contributed by atoms with Crippen molar-refractivity contribution in [2.24, 2.45) is 5.92 Å². The third-order valence-corrected chi connectivity index (χ3v) is 4.99. The standard InChI is InChI=1S/C17H25N/c1-2-13-6-3-8-15(13)17-9-4-7-14-12-18-11-5-10-16(14)17/h4,7,9,13,15,18H,2-3,5-6,8,10-12H2,1H3/t13-,15+/m1/s1. The maximum atomic E-state index is 3.55. The molecule has 1 heteroatoms. The number of fused-ring (bicyclic) bond motifs is 1. The molecule has 1 N–H and O–H groups in total. The summed E-state index contributed by atoms with van der Waals surface area (Å²) in [5, 5.41) is 3.55. The minimum atomic E-state index is 0.850. The van der Waals surface area contributed by atoms with Crippen LogP contribution in [0.2, 0.25) is 0 Å². The molecule has 98 valence electrons. The van der Waals surface area contributed by atoms with Crippen LogP contribution in [0.25, 0.3) is 0 Å². The van der Waals surface area contributed by atoms with E-state index in [0.717, 1.165) is 18.4 Å². The molecule has 1 fully saturated rings. The van der Waals surface area contributed by atoms with Gasteiger partial charge in [-0.05, 0) is 60.8 Å². The quantitative estimate of drug-likeness (QED) is 0.827. The van der Waals surface area contributed by atoms with Crippen molar-refractivity contribution in [2.75, 3.05) is 6.54 Å². The zero-order chi connectivity index (χ0) is 12.4. The maximum Gasteiger partial charge on any atom is 0.0208 e. The van der Waals surface area contributed by atoms with E-state index in [4.69, 9.17) is 0 Å². The molecule has 1 aromatic carbocycles. The van der Waals surface area contributed by atoms with Gasteiger partial charge < -0.3 is 5.32 Å². The Balaban J connectivity index is 1.96. The van der Waals surface area contributed by atoms with E-state index >= 15 is 0 Å². The van der Waals surface area contributed by atoms with Gasteiger partial charge in [-0.1, -0.05) is 38.0 Å². The van der Waals surface area contributed by atoms with E-state index in [-0.39, 0.29) is 0 Å². The Morgan fingerprint density at radius 1 is 1.22 bits per heavy atom. The molecule has 0 saturated heterocycles. The third kappa shape index (κ3) is 2.21. The summed E-state index contributed by atoms with van der Waals surface area (Å²) in [6.07, 6.45) is 8.24. The Kier molecular flexibility index (Phi) is 3.69. The van der Waals surface area contributed by atoms with Crippen molar-refractivity contribution in [3.05, 3.63) is 34.9 Å². The molecule has 1 aliphatic heterocycles. The van der Waals surface area contributed by atoms with Gasteiger partial charge in [-0.3, -0.25) is 0 Å². The van der Waals surface area contributed by atoms with Crippen molar-refractivity contribution >= 4 is 0 Å². The van der Waals surface area contributed by atoms with E-state index in [1.807, 2.05) is 0 Å². The summed E-state index contributed by atoms with van der Waals surface area (Å²) < 4.78 is 0. The largest absolute Gasteiger partial charge is 0.313 e. The summed E-state index contributed by atoms with van der Waals surface area (Å²) in [7, 11) is 0. The molecule has 0 bridgehead atoms. The number of benzene rings is 1. The van der Waals surface area contributed by atoms with Gasteiger partial charge in [-0.15, -0.1) is 0 Å². The lowest BCUT2D eigenvalue weighted by Crippen LogP contribution is -2.12. The molecule has 2 atom stereocenters. The van der Waals surface area contributed by atoms with Crippen LogP contribution < -0.4 is 5.32 Å². The zero-order valence-electron chi connectivity index (χ0n) is 11.5. The molecule has 0 spiro atoms. The van der Waals surface area contributed by atoms with Crippen LogP contribution in [0.4, 0.5) is 0 Å². The summed E-state index contributed by atoms with van der Waals surface area (Å²) >= 11 is 0. The van der Waals surface area contributed by atoms with Crippen LogP contribution in [0.15, 0.2) is 18.2 Å². The molecule has 1 nitrogen and oxygen atoms in total. The van der Waals surface area contributed by atoms with Gasteiger partial charge >= 0.3 is 0 Å². The monoisotopic (exact) mass is 243 g/mol. The lowest BCUT2D eigenvalue weighted by atomic mass is 9.82. The molecule has 1 heterocycles. The number of nitrogens with one attached hydrogen (secondary N) is 1. The number of hydrogen-bond donors (Lipinski definition) is 1. The lowest BCUT2D eigenvalue weighted by molar-refractivity contribution is 0.467. The van der Waals surface area contributed by atoms with E-state index in [2.05, 4.69) is 30.4 Å². The van der Waals surface area contributed by atoms with Crippen LogP contribution in [-0.4, -0.2) is 6.54 Å². The predicted molar refractivity (Wildman–Crippen MR) is 76.8 cm³/mol. The van der Waals surface area contributed by atoms with Crippen LogP contribution in [-0.2, 0) is 13.0 Å². The van der Waals surface area contributed by atoms with Crippen molar-refractivity contribution < 1.29 is 0 Å². The summed E-state index contributed by atoms with van der Waals surface area (Å²) in [5.74, 6) is 1.79. The molecule has 1 saturated carbocycles. The Bertz CT molecular complexity index is 410. The average molecular weight is 243 g/mol. The number of hydrogen-bond acceptors (Lipinski definition) is 1. The highest BCUT2D eigenvalue weighted by Crippen LogP contribution is 2.43. The first-order valence-corrected chi connectivity index (χ1v) is 7.71. The third-order valence-electron chi connectivity index (χ3n) is 4.99. The predicted octanol–water partition coefficient (Wildman–Crippen LogP) is 4.02. The highest BCUT2D eigenvalue weighted by atomic mass is 14.8. The van der Waals surface area contributed by atoms with Gasteiger partial charge in [-0.25, -0.2) is 0 Å². The molecule has 0 unspecified atom stereocenters. The fourth-order valence-electron chi connectivity index (χ4n) is 4.02. The normalized spacial score (nSPS) is 27.8. The van der Waals surface area contributed by atoms with Crippen LogP contribution >= 0.6 is 0 Å². The summed E-state index contributed by atoms with van der Waals surface area (Å²) in [6.45, 7) is 4.62. The van der Waals surface area contributed by atoms with Crippen LogP contribution in [0.5, 0.6) is 0 Å². The van der Waals surface area contributed by atoms with Crippen LogP contribution in [0, 0.1) is 5.92 Å². The smallest absolute Gasteiger partial charge is 0.0208 e. The molecule has 0 aromatic heterocycles. The van der Waals surface area contributed by atoms with Crippen LogP contribution in [0.1, 0.15) is 61.6 Å². The zero-order valence-corrected chi connectivity index (χ0v) is 11.5. The summed E-state index contributed by atoms with van der Waals surface area (Å²) in [6, 6.07) is 7.03. The Morgan fingerprint density at radius 2 is 2.17 bits per heavy atom.